The first-order valence-electron chi connectivity index (χ1n) is 7.22. The molecule has 1 fully saturated rings. The summed E-state index contributed by atoms with van der Waals surface area (Å²) in [5.74, 6) is 0. The molecule has 0 amide bonds. The fourth-order valence-electron chi connectivity index (χ4n) is 2.39. The highest BCUT2D eigenvalue weighted by Crippen LogP contribution is 2.07. The van der Waals surface area contributed by atoms with Gasteiger partial charge in [0, 0.05) is 39.3 Å². The molecule has 1 saturated heterocycles. The quantitative estimate of drug-likeness (QED) is 0.573. The minimum Gasteiger partial charge on any atom is -0.329 e. The summed E-state index contributed by atoms with van der Waals surface area (Å²) >= 11 is 0. The number of hydrogen-bond acceptors (Lipinski definition) is 4. The summed E-state index contributed by atoms with van der Waals surface area (Å²) in [6, 6.07) is 0. The van der Waals surface area contributed by atoms with Crippen LogP contribution in [-0.4, -0.2) is 68.7 Å². The van der Waals surface area contributed by atoms with Gasteiger partial charge in [0.25, 0.3) is 0 Å². The van der Waals surface area contributed by atoms with Crippen LogP contribution < -0.4 is 11.1 Å². The molecule has 102 valence electrons. The average Bonchev–Trinajstić information content (AvgIpc) is 2.38. The molecule has 0 spiro atoms. The second-order valence-corrected chi connectivity index (χ2v) is 4.88. The highest BCUT2D eigenvalue weighted by molar-refractivity contribution is 4.66. The summed E-state index contributed by atoms with van der Waals surface area (Å²) in [6.45, 7) is 12.2. The number of likely N-dealkylation sites (tertiary alicyclic amines) is 1. The van der Waals surface area contributed by atoms with Crippen LogP contribution in [0.3, 0.4) is 0 Å². The predicted molar refractivity (Wildman–Crippen MR) is 74.3 cm³/mol. The number of nitrogens with zero attached hydrogens (tertiary/aromatic N) is 2. The van der Waals surface area contributed by atoms with E-state index in [1.165, 1.54) is 38.9 Å². The molecule has 0 aromatic heterocycles. The van der Waals surface area contributed by atoms with E-state index in [1.54, 1.807) is 0 Å². The summed E-state index contributed by atoms with van der Waals surface area (Å²) in [5, 5.41) is 3.53. The Morgan fingerprint density at radius 3 is 2.53 bits per heavy atom. The lowest BCUT2D eigenvalue weighted by molar-refractivity contribution is 0.226. The molecule has 4 nitrogen and oxygen atoms in total. The summed E-state index contributed by atoms with van der Waals surface area (Å²) in [7, 11) is 0. The molecule has 0 saturated carbocycles. The van der Waals surface area contributed by atoms with E-state index in [1.807, 2.05) is 0 Å². The van der Waals surface area contributed by atoms with Gasteiger partial charge in [-0.1, -0.05) is 13.3 Å². The zero-order chi connectivity index (χ0) is 12.3. The van der Waals surface area contributed by atoms with Crippen LogP contribution in [0.5, 0.6) is 0 Å². The van der Waals surface area contributed by atoms with Crippen molar-refractivity contribution < 1.29 is 0 Å². The Bertz CT molecular complexity index is 162. The molecule has 1 aliphatic rings. The van der Waals surface area contributed by atoms with Crippen molar-refractivity contribution in [2.24, 2.45) is 5.73 Å². The molecule has 3 N–H and O–H groups in total. The average molecular weight is 242 g/mol. The Labute approximate surface area is 107 Å². The molecule has 0 radical (unpaired) electrons. The molecule has 1 aliphatic heterocycles. The van der Waals surface area contributed by atoms with Crippen molar-refractivity contribution in [1.29, 1.82) is 0 Å². The lowest BCUT2D eigenvalue weighted by Crippen LogP contribution is -2.39. The highest BCUT2D eigenvalue weighted by Gasteiger charge is 2.08. The van der Waals surface area contributed by atoms with Gasteiger partial charge in [-0.15, -0.1) is 0 Å². The molecule has 0 bridgehead atoms. The number of likely N-dealkylation sites (N-methyl/N-ethyl adjacent to an activating group) is 1. The molecule has 0 aromatic carbocycles. The van der Waals surface area contributed by atoms with Gasteiger partial charge in [-0.25, -0.2) is 0 Å². The second-order valence-electron chi connectivity index (χ2n) is 4.88. The molecule has 0 atom stereocenters. The molecular formula is C13H30N4. The fourth-order valence-corrected chi connectivity index (χ4v) is 2.39. The minimum absolute atomic E-state index is 0.765. The van der Waals surface area contributed by atoms with E-state index in [0.29, 0.717) is 0 Å². The molecule has 0 unspecified atom stereocenters. The summed E-state index contributed by atoms with van der Waals surface area (Å²) in [5.41, 5.74) is 5.56. The fraction of sp³-hybridized carbons (Fsp3) is 1.00. The lowest BCUT2D eigenvalue weighted by Gasteiger charge is -2.26. The van der Waals surface area contributed by atoms with E-state index >= 15 is 0 Å². The largest absolute Gasteiger partial charge is 0.329 e. The predicted octanol–water partition coefficient (Wildman–Crippen LogP) is 0.343. The van der Waals surface area contributed by atoms with Crippen molar-refractivity contribution in [2.75, 3.05) is 58.9 Å². The van der Waals surface area contributed by atoms with Gasteiger partial charge < -0.3 is 20.9 Å². The van der Waals surface area contributed by atoms with Crippen LogP contribution in [-0.2, 0) is 0 Å². The first-order valence-corrected chi connectivity index (χ1v) is 7.22. The van der Waals surface area contributed by atoms with Gasteiger partial charge in [0.05, 0.1) is 0 Å². The van der Waals surface area contributed by atoms with E-state index in [2.05, 4.69) is 22.0 Å². The van der Waals surface area contributed by atoms with Crippen LogP contribution >= 0.6 is 0 Å². The normalized spacial score (nSPS) is 17.8. The Morgan fingerprint density at radius 1 is 1.12 bits per heavy atom. The van der Waals surface area contributed by atoms with Gasteiger partial charge in [0.2, 0.25) is 0 Å². The molecule has 0 aliphatic carbocycles. The Hall–Kier alpha value is -0.160. The van der Waals surface area contributed by atoms with E-state index in [9.17, 15) is 0 Å². The number of hydrogen-bond donors (Lipinski definition) is 2. The molecular weight excluding hydrogens is 212 g/mol. The molecule has 1 rings (SSSR count). The molecule has 17 heavy (non-hydrogen) atoms. The summed E-state index contributed by atoms with van der Waals surface area (Å²) < 4.78 is 0. The van der Waals surface area contributed by atoms with Crippen molar-refractivity contribution in [1.82, 2.24) is 15.1 Å². The number of nitrogens with two attached hydrogens (primary N) is 1. The molecule has 1 heterocycles. The van der Waals surface area contributed by atoms with E-state index in [-0.39, 0.29) is 0 Å². The summed E-state index contributed by atoms with van der Waals surface area (Å²) in [4.78, 5) is 4.97. The van der Waals surface area contributed by atoms with Crippen LogP contribution in [0, 0.1) is 0 Å². The maximum atomic E-state index is 5.56. The van der Waals surface area contributed by atoms with Crippen molar-refractivity contribution in [3.05, 3.63) is 0 Å². The van der Waals surface area contributed by atoms with Crippen molar-refractivity contribution in [2.45, 2.75) is 26.2 Å². The number of nitrogens with one attached hydrogen (secondary N) is 1. The van der Waals surface area contributed by atoms with Gasteiger partial charge in [0.15, 0.2) is 0 Å². The van der Waals surface area contributed by atoms with Crippen LogP contribution in [0.1, 0.15) is 26.2 Å². The van der Waals surface area contributed by atoms with Gasteiger partial charge in [0.1, 0.15) is 0 Å². The van der Waals surface area contributed by atoms with Gasteiger partial charge in [-0.2, -0.15) is 0 Å². The van der Waals surface area contributed by atoms with E-state index in [0.717, 1.165) is 39.3 Å². The van der Waals surface area contributed by atoms with Crippen molar-refractivity contribution >= 4 is 0 Å². The van der Waals surface area contributed by atoms with Crippen LogP contribution in [0.4, 0.5) is 0 Å². The zero-order valence-corrected chi connectivity index (χ0v) is 11.5. The van der Waals surface area contributed by atoms with Gasteiger partial charge in [-0.05, 0) is 32.5 Å². The van der Waals surface area contributed by atoms with E-state index in [4.69, 9.17) is 5.73 Å². The smallest absolute Gasteiger partial charge is 0.0107 e. The zero-order valence-electron chi connectivity index (χ0n) is 11.5. The standard InChI is InChI=1S/C13H30N4/c1-2-16(11-6-14)12-7-15-8-13-17-9-4-3-5-10-17/h15H,2-14H2,1H3. The van der Waals surface area contributed by atoms with Gasteiger partial charge >= 0.3 is 0 Å². The minimum atomic E-state index is 0.765. The SMILES string of the molecule is CCN(CCN)CCNCCN1CCCCC1. The number of rotatable bonds is 9. The van der Waals surface area contributed by atoms with Crippen molar-refractivity contribution in [3.63, 3.8) is 0 Å². The van der Waals surface area contributed by atoms with Crippen LogP contribution in [0.25, 0.3) is 0 Å². The molecule has 0 aromatic rings. The maximum Gasteiger partial charge on any atom is 0.0107 e. The number of piperidine rings is 1. The van der Waals surface area contributed by atoms with Gasteiger partial charge in [-0.3, -0.25) is 0 Å². The highest BCUT2D eigenvalue weighted by atomic mass is 15.2. The second kappa shape index (κ2) is 9.83. The van der Waals surface area contributed by atoms with Crippen molar-refractivity contribution in [3.8, 4) is 0 Å². The Kier molecular flexibility index (Phi) is 8.61. The lowest BCUT2D eigenvalue weighted by atomic mass is 10.1. The van der Waals surface area contributed by atoms with E-state index < -0.39 is 0 Å². The third-order valence-electron chi connectivity index (χ3n) is 3.55. The first kappa shape index (κ1) is 14.9. The van der Waals surface area contributed by atoms with Crippen LogP contribution in [0.2, 0.25) is 0 Å². The topological polar surface area (TPSA) is 44.5 Å². The maximum absolute atomic E-state index is 5.56. The third-order valence-corrected chi connectivity index (χ3v) is 3.55. The third kappa shape index (κ3) is 6.99. The Morgan fingerprint density at radius 2 is 1.88 bits per heavy atom. The monoisotopic (exact) mass is 242 g/mol. The first-order chi connectivity index (χ1) is 8.36. The molecule has 4 heteroatoms. The Balaban J connectivity index is 1.92. The summed E-state index contributed by atoms with van der Waals surface area (Å²) in [6.07, 6.45) is 4.20. The van der Waals surface area contributed by atoms with Crippen LogP contribution in [0.15, 0.2) is 0 Å².